The minimum Gasteiger partial charge on any atom is -0.437 e. The van der Waals surface area contributed by atoms with E-state index in [1.54, 1.807) is 0 Å². The van der Waals surface area contributed by atoms with E-state index in [2.05, 4.69) is 4.98 Å². The maximum atomic E-state index is 12.1. The number of aromatic nitrogens is 1. The van der Waals surface area contributed by atoms with Gasteiger partial charge in [-0.25, -0.2) is 4.98 Å². The first-order chi connectivity index (χ1) is 11.6. The fourth-order valence-corrected chi connectivity index (χ4v) is 3.36. The van der Waals surface area contributed by atoms with Crippen molar-refractivity contribution < 1.29 is 18.0 Å². The highest BCUT2D eigenvalue weighted by Crippen LogP contribution is 2.49. The summed E-state index contributed by atoms with van der Waals surface area (Å²) in [7, 11) is -0.260. The smallest absolute Gasteiger partial charge is 0.334 e. The van der Waals surface area contributed by atoms with Crippen LogP contribution in [0, 0.1) is 0 Å². The Labute approximate surface area is 140 Å². The van der Waals surface area contributed by atoms with Gasteiger partial charge in [-0.15, -0.1) is 0 Å². The molecule has 0 bridgehead atoms. The Morgan fingerprint density at radius 1 is 1.04 bits per heavy atom. The molecule has 5 nitrogen and oxygen atoms in total. The molecule has 0 aliphatic heterocycles. The zero-order valence-corrected chi connectivity index (χ0v) is 14.4. The number of para-hydroxylation sites is 2. The van der Waals surface area contributed by atoms with Crippen molar-refractivity contribution in [2.24, 2.45) is 0 Å². The minimum atomic E-state index is -3.04. The van der Waals surface area contributed by atoms with Gasteiger partial charge in [0.05, 0.1) is 6.16 Å². The van der Waals surface area contributed by atoms with Crippen LogP contribution in [0.5, 0.6) is 0 Å². The van der Waals surface area contributed by atoms with Gasteiger partial charge in [-0.3, -0.25) is 4.57 Å². The third-order valence-corrected chi connectivity index (χ3v) is 5.51. The van der Waals surface area contributed by atoms with Crippen LogP contribution in [-0.2, 0) is 19.8 Å². The Bertz CT molecular complexity index is 858. The lowest BCUT2D eigenvalue weighted by atomic mass is 10.1. The second-order valence-corrected chi connectivity index (χ2v) is 7.50. The van der Waals surface area contributed by atoms with Crippen molar-refractivity contribution in [1.29, 1.82) is 0 Å². The van der Waals surface area contributed by atoms with Crippen molar-refractivity contribution in [3.8, 4) is 0 Å². The van der Waals surface area contributed by atoms with E-state index in [9.17, 15) is 4.57 Å². The Morgan fingerprint density at radius 2 is 1.75 bits per heavy atom. The highest BCUT2D eigenvalue weighted by atomic mass is 31.2. The zero-order valence-electron chi connectivity index (χ0n) is 13.5. The predicted octanol–water partition coefficient (Wildman–Crippen LogP) is 4.98. The van der Waals surface area contributed by atoms with Crippen LogP contribution >= 0.6 is 7.60 Å². The van der Waals surface area contributed by atoms with E-state index < -0.39 is 7.60 Å². The molecule has 3 rings (SSSR count). The van der Waals surface area contributed by atoms with Crippen molar-refractivity contribution >= 4 is 30.8 Å². The lowest BCUT2D eigenvalue weighted by Crippen LogP contribution is -1.93. The molecule has 0 unspecified atom stereocenters. The van der Waals surface area contributed by atoms with E-state index in [0.717, 1.165) is 22.2 Å². The van der Waals surface area contributed by atoms with E-state index >= 15 is 0 Å². The third-order valence-electron chi connectivity index (χ3n) is 3.64. The zero-order chi connectivity index (χ0) is 17.0. The fourth-order valence-electron chi connectivity index (χ4n) is 2.29. The lowest BCUT2D eigenvalue weighted by molar-refractivity contribution is 0.275. The number of oxazole rings is 1. The molecule has 0 spiro atoms. The second kappa shape index (κ2) is 7.14. The van der Waals surface area contributed by atoms with Crippen LogP contribution in [-0.4, -0.2) is 19.2 Å². The van der Waals surface area contributed by atoms with E-state index in [1.165, 1.54) is 14.2 Å². The molecule has 0 atom stereocenters. The summed E-state index contributed by atoms with van der Waals surface area (Å²) in [6.45, 7) is 0. The van der Waals surface area contributed by atoms with Crippen LogP contribution in [0.1, 0.15) is 17.0 Å². The molecule has 0 saturated heterocycles. The molecule has 124 valence electrons. The molecule has 0 radical (unpaired) electrons. The molecule has 6 heteroatoms. The van der Waals surface area contributed by atoms with Gasteiger partial charge in [0.15, 0.2) is 5.58 Å². The van der Waals surface area contributed by atoms with Crippen LogP contribution in [0.2, 0.25) is 0 Å². The van der Waals surface area contributed by atoms with Crippen molar-refractivity contribution in [3.05, 3.63) is 65.5 Å². The van der Waals surface area contributed by atoms with Crippen LogP contribution in [0.3, 0.4) is 0 Å². The number of rotatable bonds is 6. The highest BCUT2D eigenvalue weighted by Gasteiger charge is 2.21. The number of fused-ring (bicyclic) bond motifs is 1. The SMILES string of the molecule is COP(=O)(Cc1ccc(/C=C/c2nc3ccccc3o2)cc1)OC. The second-order valence-electron chi connectivity index (χ2n) is 5.23. The molecule has 3 aromatic rings. The van der Waals surface area contributed by atoms with Gasteiger partial charge >= 0.3 is 7.60 Å². The van der Waals surface area contributed by atoms with E-state index in [-0.39, 0.29) is 6.16 Å². The number of hydrogen-bond donors (Lipinski definition) is 0. The standard InChI is InChI=1S/C18H18NO4P/c1-21-24(20,22-2)13-15-9-7-14(8-10-15)11-12-18-19-16-5-3-4-6-17(16)23-18/h3-12H,13H2,1-2H3/b12-11+. The van der Waals surface area contributed by atoms with Crippen LogP contribution in [0.4, 0.5) is 0 Å². The first-order valence-electron chi connectivity index (χ1n) is 7.45. The first kappa shape index (κ1) is 16.7. The Hall–Kier alpha value is -2.20. The average Bonchev–Trinajstić information content (AvgIpc) is 3.04. The van der Waals surface area contributed by atoms with Gasteiger partial charge in [0.1, 0.15) is 5.52 Å². The molecular formula is C18H18NO4P. The molecule has 1 aromatic heterocycles. The summed E-state index contributed by atoms with van der Waals surface area (Å²) >= 11 is 0. The molecule has 0 amide bonds. The van der Waals surface area contributed by atoms with Gasteiger partial charge in [0, 0.05) is 20.3 Å². The van der Waals surface area contributed by atoms with Crippen molar-refractivity contribution in [2.45, 2.75) is 6.16 Å². The molecular weight excluding hydrogens is 325 g/mol. The Kier molecular flexibility index (Phi) is 4.95. The predicted molar refractivity (Wildman–Crippen MR) is 94.7 cm³/mol. The number of nitrogens with zero attached hydrogens (tertiary/aromatic N) is 1. The van der Waals surface area contributed by atoms with Gasteiger partial charge in [-0.1, -0.05) is 36.4 Å². The van der Waals surface area contributed by atoms with Crippen molar-refractivity contribution in [2.75, 3.05) is 14.2 Å². The van der Waals surface area contributed by atoms with Crippen LogP contribution in [0.25, 0.3) is 23.3 Å². The molecule has 0 N–H and O–H groups in total. The molecule has 24 heavy (non-hydrogen) atoms. The van der Waals surface area contributed by atoms with Gasteiger partial charge in [0.25, 0.3) is 0 Å². The summed E-state index contributed by atoms with van der Waals surface area (Å²) in [4.78, 5) is 4.39. The van der Waals surface area contributed by atoms with Crippen molar-refractivity contribution in [1.82, 2.24) is 4.98 Å². The van der Waals surface area contributed by atoms with Crippen molar-refractivity contribution in [3.63, 3.8) is 0 Å². The van der Waals surface area contributed by atoms with E-state index in [4.69, 9.17) is 13.5 Å². The van der Waals surface area contributed by atoms with Crippen LogP contribution < -0.4 is 0 Å². The highest BCUT2D eigenvalue weighted by molar-refractivity contribution is 7.52. The summed E-state index contributed by atoms with van der Waals surface area (Å²) in [5.74, 6) is 0.559. The maximum absolute atomic E-state index is 12.1. The van der Waals surface area contributed by atoms with Gasteiger partial charge in [0.2, 0.25) is 5.89 Å². The quantitative estimate of drug-likeness (QED) is 0.590. The maximum Gasteiger partial charge on any atom is 0.334 e. The number of benzene rings is 2. The topological polar surface area (TPSA) is 61.6 Å². The number of hydrogen-bond acceptors (Lipinski definition) is 5. The summed E-state index contributed by atoms with van der Waals surface area (Å²) in [6.07, 6.45) is 3.99. The third kappa shape index (κ3) is 3.82. The summed E-state index contributed by atoms with van der Waals surface area (Å²) in [5, 5.41) is 0. The normalized spacial score (nSPS) is 12.2. The van der Waals surface area contributed by atoms with Gasteiger partial charge in [-0.05, 0) is 29.3 Å². The molecule has 0 aliphatic rings. The lowest BCUT2D eigenvalue weighted by Gasteiger charge is -2.13. The summed E-state index contributed by atoms with van der Waals surface area (Å²) in [6, 6.07) is 15.3. The van der Waals surface area contributed by atoms with Gasteiger partial charge in [-0.2, -0.15) is 0 Å². The average molecular weight is 343 g/mol. The monoisotopic (exact) mass is 343 g/mol. The van der Waals surface area contributed by atoms with Gasteiger partial charge < -0.3 is 13.5 Å². The van der Waals surface area contributed by atoms with Crippen LogP contribution in [0.15, 0.2) is 52.9 Å². The molecule has 1 heterocycles. The molecule has 0 fully saturated rings. The first-order valence-corrected chi connectivity index (χ1v) is 9.18. The largest absolute Gasteiger partial charge is 0.437 e. The molecule has 0 saturated carbocycles. The summed E-state index contributed by atoms with van der Waals surface area (Å²) in [5.41, 5.74) is 3.48. The summed E-state index contributed by atoms with van der Waals surface area (Å²) < 4.78 is 27.7. The Morgan fingerprint density at radius 3 is 2.42 bits per heavy atom. The minimum absolute atomic E-state index is 0.245. The Balaban J connectivity index is 1.72. The van der Waals surface area contributed by atoms with E-state index in [1.807, 2.05) is 60.7 Å². The van der Waals surface area contributed by atoms with E-state index in [0.29, 0.717) is 5.89 Å². The fraction of sp³-hybridized carbons (Fsp3) is 0.167. The molecule has 0 aliphatic carbocycles. The molecule has 2 aromatic carbocycles.